The normalized spacial score (nSPS) is 15.5. The molecular formula is C22H27N2+. The van der Waals surface area contributed by atoms with Gasteiger partial charge in [0.15, 0.2) is 11.2 Å². The van der Waals surface area contributed by atoms with Crippen LogP contribution in [0, 0.1) is 34.6 Å². The van der Waals surface area contributed by atoms with E-state index in [2.05, 4.69) is 81.7 Å². The van der Waals surface area contributed by atoms with Gasteiger partial charge in [0.25, 0.3) is 5.82 Å². The maximum Gasteiger partial charge on any atom is 0.259 e. The smallest absolute Gasteiger partial charge is 0.221 e. The second kappa shape index (κ2) is 4.72. The molecule has 1 aromatic carbocycles. The van der Waals surface area contributed by atoms with Gasteiger partial charge in [-0.3, -0.25) is 0 Å². The van der Waals surface area contributed by atoms with Crippen LogP contribution in [0.1, 0.15) is 58.9 Å². The summed E-state index contributed by atoms with van der Waals surface area (Å²) in [6, 6.07) is 8.93. The highest BCUT2D eigenvalue weighted by atomic mass is 15.2. The Morgan fingerprint density at radius 1 is 0.917 bits per heavy atom. The zero-order valence-electron chi connectivity index (χ0n) is 15.9. The lowest BCUT2D eigenvalue weighted by Crippen LogP contribution is -2.59. The van der Waals surface area contributed by atoms with Crippen LogP contribution in [-0.2, 0) is 12.0 Å². The van der Waals surface area contributed by atoms with Crippen molar-refractivity contribution in [1.82, 2.24) is 4.40 Å². The molecule has 0 saturated carbocycles. The summed E-state index contributed by atoms with van der Waals surface area (Å²) >= 11 is 0. The highest BCUT2D eigenvalue weighted by Gasteiger charge is 2.42. The van der Waals surface area contributed by atoms with Gasteiger partial charge in [0, 0.05) is 24.5 Å². The van der Waals surface area contributed by atoms with Gasteiger partial charge in [0.1, 0.15) is 11.2 Å². The van der Waals surface area contributed by atoms with Gasteiger partial charge in [0.05, 0.1) is 0 Å². The molecule has 0 fully saturated rings. The van der Waals surface area contributed by atoms with E-state index in [1.54, 1.807) is 0 Å². The van der Waals surface area contributed by atoms with E-state index >= 15 is 0 Å². The Labute approximate surface area is 144 Å². The third kappa shape index (κ3) is 1.69. The van der Waals surface area contributed by atoms with E-state index in [1.165, 1.54) is 50.5 Å². The summed E-state index contributed by atoms with van der Waals surface area (Å²) in [7, 11) is 0. The molecule has 0 saturated heterocycles. The van der Waals surface area contributed by atoms with Crippen molar-refractivity contribution in [1.29, 1.82) is 0 Å². The van der Waals surface area contributed by atoms with Crippen molar-refractivity contribution in [3.05, 3.63) is 69.3 Å². The molecule has 24 heavy (non-hydrogen) atoms. The molecule has 2 nitrogen and oxygen atoms in total. The molecule has 1 aliphatic heterocycles. The van der Waals surface area contributed by atoms with Crippen LogP contribution in [0.2, 0.25) is 0 Å². The number of nitrogens with zero attached hydrogens (tertiary/aromatic N) is 2. The molecule has 0 N–H and O–H groups in total. The van der Waals surface area contributed by atoms with E-state index in [-0.39, 0.29) is 5.54 Å². The van der Waals surface area contributed by atoms with Crippen LogP contribution in [0.4, 0.5) is 0 Å². The molecule has 0 aliphatic carbocycles. The predicted octanol–water partition coefficient (Wildman–Crippen LogP) is 4.46. The van der Waals surface area contributed by atoms with Crippen LogP contribution in [0.15, 0.2) is 24.3 Å². The first kappa shape index (κ1) is 15.4. The molecule has 124 valence electrons. The largest absolute Gasteiger partial charge is 0.259 e. The number of imidazole rings is 1. The quantitative estimate of drug-likeness (QED) is 0.541. The molecule has 4 rings (SSSR count). The van der Waals surface area contributed by atoms with Crippen LogP contribution in [-0.4, -0.2) is 4.40 Å². The van der Waals surface area contributed by atoms with Gasteiger partial charge < -0.3 is 0 Å². The molecule has 3 aromatic rings. The maximum absolute atomic E-state index is 2.57. The number of aryl methyl sites for hydroxylation is 3. The van der Waals surface area contributed by atoms with E-state index < -0.39 is 0 Å². The summed E-state index contributed by atoms with van der Waals surface area (Å²) in [5, 5.41) is 0. The minimum Gasteiger partial charge on any atom is -0.221 e. The van der Waals surface area contributed by atoms with Crippen molar-refractivity contribution in [2.75, 3.05) is 0 Å². The van der Waals surface area contributed by atoms with Crippen molar-refractivity contribution in [3.8, 4) is 0 Å². The Hall–Kier alpha value is -2.09. The predicted molar refractivity (Wildman–Crippen MR) is 98.9 cm³/mol. The highest BCUT2D eigenvalue weighted by Crippen LogP contribution is 2.35. The first-order chi connectivity index (χ1) is 11.3. The average molecular weight is 319 g/mol. The number of benzene rings is 1. The van der Waals surface area contributed by atoms with Crippen molar-refractivity contribution in [3.63, 3.8) is 0 Å². The Bertz CT molecular complexity index is 1000. The molecule has 0 amide bonds. The van der Waals surface area contributed by atoms with Gasteiger partial charge in [-0.1, -0.05) is 24.3 Å². The number of hydrogen-bond acceptors (Lipinski definition) is 0. The van der Waals surface area contributed by atoms with Gasteiger partial charge in [-0.15, -0.1) is 0 Å². The van der Waals surface area contributed by atoms with E-state index in [1.807, 2.05) is 0 Å². The number of fused-ring (bicyclic) bond motifs is 4. The highest BCUT2D eigenvalue weighted by molar-refractivity contribution is 5.64. The third-order valence-electron chi connectivity index (χ3n) is 6.37. The first-order valence-electron chi connectivity index (χ1n) is 8.88. The van der Waals surface area contributed by atoms with Crippen LogP contribution < -0.4 is 4.57 Å². The third-order valence-corrected chi connectivity index (χ3v) is 6.37. The SMILES string of the molecule is Cc1c(C)c(C)n2c(C)[n+]3c(c2c1C)Cc1ccccc1C3(C)C. The van der Waals surface area contributed by atoms with Crippen LogP contribution in [0.3, 0.4) is 0 Å². The lowest BCUT2D eigenvalue weighted by Gasteiger charge is -2.31. The fourth-order valence-corrected chi connectivity index (χ4v) is 4.86. The van der Waals surface area contributed by atoms with Gasteiger partial charge >= 0.3 is 0 Å². The van der Waals surface area contributed by atoms with Crippen molar-refractivity contribution >= 4 is 5.52 Å². The minimum absolute atomic E-state index is 0.0268. The monoisotopic (exact) mass is 319 g/mol. The Balaban J connectivity index is 2.21. The second-order valence-corrected chi connectivity index (χ2v) is 7.87. The topological polar surface area (TPSA) is 8.29 Å². The number of aromatic nitrogens is 2. The van der Waals surface area contributed by atoms with Crippen molar-refractivity contribution in [2.24, 2.45) is 0 Å². The number of hydrogen-bond donors (Lipinski definition) is 0. The van der Waals surface area contributed by atoms with Gasteiger partial charge in [-0.2, -0.15) is 4.40 Å². The van der Waals surface area contributed by atoms with Gasteiger partial charge in [-0.25, -0.2) is 4.57 Å². The molecule has 2 aromatic heterocycles. The van der Waals surface area contributed by atoms with Crippen molar-refractivity contribution < 1.29 is 4.57 Å². The summed E-state index contributed by atoms with van der Waals surface area (Å²) in [5.41, 5.74) is 11.4. The molecular weight excluding hydrogens is 292 g/mol. The molecule has 1 aliphatic rings. The lowest BCUT2D eigenvalue weighted by molar-refractivity contribution is -0.759. The Kier molecular flexibility index (Phi) is 3.04. The standard InChI is InChI=1S/C22H27N2/c1-13-14(2)16(4)23-17(5)24-20(21(23)15(13)3)12-18-10-8-9-11-19(18)22(24,6)7/h8-11H,12H2,1-7H3/q+1. The molecule has 0 atom stereocenters. The molecule has 0 bridgehead atoms. The molecule has 2 heteroatoms. The fourth-order valence-electron chi connectivity index (χ4n) is 4.86. The Morgan fingerprint density at radius 2 is 1.58 bits per heavy atom. The zero-order chi connectivity index (χ0) is 17.4. The second-order valence-electron chi connectivity index (χ2n) is 7.87. The summed E-state index contributed by atoms with van der Waals surface area (Å²) in [6.45, 7) is 16.0. The van der Waals surface area contributed by atoms with Crippen molar-refractivity contribution in [2.45, 2.75) is 60.4 Å². The Morgan fingerprint density at radius 3 is 2.29 bits per heavy atom. The first-order valence-corrected chi connectivity index (χ1v) is 8.88. The molecule has 0 unspecified atom stereocenters. The van der Waals surface area contributed by atoms with Gasteiger partial charge in [-0.05, 0) is 58.2 Å². The maximum atomic E-state index is 2.57. The average Bonchev–Trinajstić information content (AvgIpc) is 2.84. The van der Waals surface area contributed by atoms with E-state index in [4.69, 9.17) is 0 Å². The fraction of sp³-hybridized carbons (Fsp3) is 0.409. The summed E-state index contributed by atoms with van der Waals surface area (Å²) in [6.07, 6.45) is 1.01. The number of pyridine rings is 1. The van der Waals surface area contributed by atoms with Crippen LogP contribution in [0.5, 0.6) is 0 Å². The number of rotatable bonds is 0. The molecule has 0 radical (unpaired) electrons. The van der Waals surface area contributed by atoms with Crippen LogP contribution >= 0.6 is 0 Å². The van der Waals surface area contributed by atoms with E-state index in [0.29, 0.717) is 0 Å². The zero-order valence-corrected chi connectivity index (χ0v) is 15.9. The van der Waals surface area contributed by atoms with E-state index in [0.717, 1.165) is 6.42 Å². The minimum atomic E-state index is -0.0268. The molecule has 0 spiro atoms. The van der Waals surface area contributed by atoms with Crippen LogP contribution in [0.25, 0.3) is 5.52 Å². The van der Waals surface area contributed by atoms with Gasteiger partial charge in [0.2, 0.25) is 0 Å². The molecule has 3 heterocycles. The lowest BCUT2D eigenvalue weighted by atomic mass is 9.83. The summed E-state index contributed by atoms with van der Waals surface area (Å²) < 4.78 is 5.06. The summed E-state index contributed by atoms with van der Waals surface area (Å²) in [5.74, 6) is 1.34. The summed E-state index contributed by atoms with van der Waals surface area (Å²) in [4.78, 5) is 0. The van der Waals surface area contributed by atoms with E-state index in [9.17, 15) is 0 Å².